The molecule has 0 atom stereocenters. The van der Waals surface area contributed by atoms with Gasteiger partial charge in [-0.3, -0.25) is 0 Å². The molecular formula is C18H35NS. The van der Waals surface area contributed by atoms with Crippen LogP contribution < -0.4 is 0 Å². The average Bonchev–Trinajstić information content (AvgIpc) is 2.75. The maximum atomic E-state index is 4.74. The van der Waals surface area contributed by atoms with Crippen LogP contribution in [-0.2, 0) is 0 Å². The highest BCUT2D eigenvalue weighted by molar-refractivity contribution is 7.80. The Morgan fingerprint density at radius 2 is 1.35 bits per heavy atom. The van der Waals surface area contributed by atoms with E-state index in [9.17, 15) is 0 Å². The van der Waals surface area contributed by atoms with E-state index < -0.39 is 0 Å². The fourth-order valence-electron chi connectivity index (χ4n) is 4.46. The molecule has 0 N–H and O–H groups in total. The fraction of sp³-hybridized carbons (Fsp3) is 1.00. The van der Waals surface area contributed by atoms with Crippen LogP contribution in [0, 0.1) is 10.8 Å². The Hall–Kier alpha value is 0.310. The van der Waals surface area contributed by atoms with Crippen LogP contribution in [0.5, 0.6) is 0 Å². The summed E-state index contributed by atoms with van der Waals surface area (Å²) in [4.78, 5) is 2.77. The second-order valence-electron chi connectivity index (χ2n) is 7.56. The van der Waals surface area contributed by atoms with Crippen LogP contribution in [0.25, 0.3) is 0 Å². The molecular weight excluding hydrogens is 262 g/mol. The maximum Gasteiger partial charge on any atom is 0.00458 e. The summed E-state index contributed by atoms with van der Waals surface area (Å²) in [6.07, 6.45) is 14.2. The number of nitrogens with zero attached hydrogens (tertiary/aromatic N) is 1. The van der Waals surface area contributed by atoms with E-state index in [1.807, 2.05) is 0 Å². The summed E-state index contributed by atoms with van der Waals surface area (Å²) in [5.41, 5.74) is 1.19. The standard InChI is InChI=1S/C18H35NS/c1-3-17(4-2)11-13-19(14-12-17)15-18(16-20)9-7-5-6-8-10-18/h20H,3-16H2,1-2H3. The summed E-state index contributed by atoms with van der Waals surface area (Å²) in [7, 11) is 0. The molecule has 118 valence electrons. The first-order valence-electron chi connectivity index (χ1n) is 9.01. The van der Waals surface area contributed by atoms with E-state index >= 15 is 0 Å². The lowest BCUT2D eigenvalue weighted by atomic mass is 9.73. The third kappa shape index (κ3) is 3.94. The highest BCUT2D eigenvalue weighted by atomic mass is 32.1. The van der Waals surface area contributed by atoms with Gasteiger partial charge in [0, 0.05) is 6.54 Å². The van der Waals surface area contributed by atoms with Gasteiger partial charge >= 0.3 is 0 Å². The zero-order valence-electron chi connectivity index (χ0n) is 13.8. The van der Waals surface area contributed by atoms with Crippen LogP contribution in [0.4, 0.5) is 0 Å². The van der Waals surface area contributed by atoms with Crippen LogP contribution in [0.2, 0.25) is 0 Å². The molecule has 20 heavy (non-hydrogen) atoms. The van der Waals surface area contributed by atoms with Crippen LogP contribution in [0.15, 0.2) is 0 Å². The molecule has 0 aromatic carbocycles. The largest absolute Gasteiger partial charge is 0.303 e. The molecule has 0 radical (unpaired) electrons. The second kappa shape index (κ2) is 7.54. The number of thiol groups is 1. The van der Waals surface area contributed by atoms with Gasteiger partial charge in [0.15, 0.2) is 0 Å². The van der Waals surface area contributed by atoms with Gasteiger partial charge in [-0.05, 0) is 55.4 Å². The van der Waals surface area contributed by atoms with E-state index in [4.69, 9.17) is 12.6 Å². The third-order valence-electron chi connectivity index (χ3n) is 6.48. The van der Waals surface area contributed by atoms with Gasteiger partial charge in [-0.1, -0.05) is 52.4 Å². The van der Waals surface area contributed by atoms with Crippen molar-refractivity contribution in [1.29, 1.82) is 0 Å². The van der Waals surface area contributed by atoms with E-state index in [-0.39, 0.29) is 0 Å². The quantitative estimate of drug-likeness (QED) is 0.542. The minimum Gasteiger partial charge on any atom is -0.303 e. The third-order valence-corrected chi connectivity index (χ3v) is 7.15. The second-order valence-corrected chi connectivity index (χ2v) is 7.87. The highest BCUT2D eigenvalue weighted by Gasteiger charge is 2.36. The van der Waals surface area contributed by atoms with Crippen LogP contribution in [-0.4, -0.2) is 30.3 Å². The first kappa shape index (κ1) is 16.7. The van der Waals surface area contributed by atoms with Crippen LogP contribution in [0.3, 0.4) is 0 Å². The first-order valence-corrected chi connectivity index (χ1v) is 9.64. The summed E-state index contributed by atoms with van der Waals surface area (Å²) in [6, 6.07) is 0. The Balaban J connectivity index is 1.90. The summed E-state index contributed by atoms with van der Waals surface area (Å²) < 4.78 is 0. The lowest BCUT2D eigenvalue weighted by Gasteiger charge is -2.44. The Labute approximate surface area is 132 Å². The summed E-state index contributed by atoms with van der Waals surface area (Å²) >= 11 is 4.74. The molecule has 0 aromatic rings. The van der Waals surface area contributed by atoms with Crippen molar-refractivity contribution in [3.05, 3.63) is 0 Å². The van der Waals surface area contributed by atoms with Crippen molar-refractivity contribution in [2.24, 2.45) is 10.8 Å². The predicted octanol–water partition coefficient (Wildman–Crippen LogP) is 5.16. The van der Waals surface area contributed by atoms with Gasteiger partial charge in [-0.2, -0.15) is 12.6 Å². The molecule has 0 aromatic heterocycles. The Kier molecular flexibility index (Phi) is 6.28. The zero-order chi connectivity index (χ0) is 14.5. The van der Waals surface area contributed by atoms with Crippen molar-refractivity contribution in [3.63, 3.8) is 0 Å². The fourth-order valence-corrected chi connectivity index (χ4v) is 4.88. The molecule has 1 saturated carbocycles. The van der Waals surface area contributed by atoms with E-state index in [2.05, 4.69) is 18.7 Å². The SMILES string of the molecule is CCC1(CC)CCN(CC2(CS)CCCCCC2)CC1. The minimum absolute atomic E-state index is 0.526. The molecule has 0 bridgehead atoms. The average molecular weight is 298 g/mol. The van der Waals surface area contributed by atoms with Crippen molar-refractivity contribution < 1.29 is 0 Å². The van der Waals surface area contributed by atoms with Crippen LogP contribution in [0.1, 0.15) is 78.1 Å². The zero-order valence-corrected chi connectivity index (χ0v) is 14.7. The number of piperidine rings is 1. The summed E-state index contributed by atoms with van der Waals surface area (Å²) in [5.74, 6) is 1.09. The molecule has 0 amide bonds. The van der Waals surface area contributed by atoms with E-state index in [1.54, 1.807) is 0 Å². The Bertz CT molecular complexity index is 267. The summed E-state index contributed by atoms with van der Waals surface area (Å²) in [5, 5.41) is 0. The molecule has 2 rings (SSSR count). The predicted molar refractivity (Wildman–Crippen MR) is 92.7 cm³/mol. The minimum atomic E-state index is 0.526. The first-order chi connectivity index (χ1) is 9.67. The number of rotatable bonds is 5. The number of likely N-dealkylation sites (tertiary alicyclic amines) is 1. The van der Waals surface area contributed by atoms with E-state index in [0.717, 1.165) is 5.75 Å². The van der Waals surface area contributed by atoms with E-state index in [1.165, 1.54) is 83.8 Å². The molecule has 0 spiro atoms. The van der Waals surface area contributed by atoms with Gasteiger partial charge < -0.3 is 4.90 Å². The van der Waals surface area contributed by atoms with Gasteiger partial charge in [0.05, 0.1) is 0 Å². The molecule has 1 aliphatic heterocycles. The lowest BCUT2D eigenvalue weighted by Crippen LogP contribution is -2.45. The molecule has 1 nitrogen and oxygen atoms in total. The van der Waals surface area contributed by atoms with Gasteiger partial charge in [0.25, 0.3) is 0 Å². The van der Waals surface area contributed by atoms with Crippen LogP contribution >= 0.6 is 12.6 Å². The maximum absolute atomic E-state index is 4.74. The molecule has 2 fully saturated rings. The van der Waals surface area contributed by atoms with Crippen molar-refractivity contribution in [2.45, 2.75) is 78.1 Å². The summed E-state index contributed by atoms with van der Waals surface area (Å²) in [6.45, 7) is 8.76. The van der Waals surface area contributed by atoms with Gasteiger partial charge in [0.1, 0.15) is 0 Å². The van der Waals surface area contributed by atoms with Crippen molar-refractivity contribution in [1.82, 2.24) is 4.90 Å². The normalized spacial score (nSPS) is 27.1. The van der Waals surface area contributed by atoms with Crippen molar-refractivity contribution in [2.75, 3.05) is 25.4 Å². The van der Waals surface area contributed by atoms with Crippen molar-refractivity contribution in [3.8, 4) is 0 Å². The van der Waals surface area contributed by atoms with Gasteiger partial charge in [0.2, 0.25) is 0 Å². The topological polar surface area (TPSA) is 3.24 Å². The Morgan fingerprint density at radius 1 is 0.800 bits per heavy atom. The van der Waals surface area contributed by atoms with Gasteiger partial charge in [-0.25, -0.2) is 0 Å². The van der Waals surface area contributed by atoms with E-state index in [0.29, 0.717) is 10.8 Å². The lowest BCUT2D eigenvalue weighted by molar-refractivity contribution is 0.0612. The molecule has 2 aliphatic rings. The number of hydrogen-bond donors (Lipinski definition) is 1. The molecule has 1 heterocycles. The highest BCUT2D eigenvalue weighted by Crippen LogP contribution is 2.41. The monoisotopic (exact) mass is 297 g/mol. The molecule has 2 heteroatoms. The molecule has 1 saturated heterocycles. The molecule has 0 unspecified atom stereocenters. The Morgan fingerprint density at radius 3 is 1.80 bits per heavy atom. The van der Waals surface area contributed by atoms with Crippen molar-refractivity contribution >= 4 is 12.6 Å². The van der Waals surface area contributed by atoms with Gasteiger partial charge in [-0.15, -0.1) is 0 Å². The molecule has 1 aliphatic carbocycles. The smallest absolute Gasteiger partial charge is 0.00458 e. The number of hydrogen-bond acceptors (Lipinski definition) is 2.